The monoisotopic (exact) mass is 510 g/mol. The molecule has 0 radical (unpaired) electrons. The number of anilines is 1. The second kappa shape index (κ2) is 8.21. The fourth-order valence-corrected chi connectivity index (χ4v) is 6.20. The summed E-state index contributed by atoms with van der Waals surface area (Å²) in [4.78, 5) is -0.114. The van der Waals surface area contributed by atoms with Crippen LogP contribution in [0.1, 0.15) is 30.6 Å². The van der Waals surface area contributed by atoms with E-state index in [1.807, 2.05) is 0 Å². The molecule has 1 N–H and O–H groups in total. The van der Waals surface area contributed by atoms with Crippen molar-refractivity contribution in [2.24, 2.45) is 0 Å². The summed E-state index contributed by atoms with van der Waals surface area (Å²) in [5.41, 5.74) is -0.612. The lowest BCUT2D eigenvalue weighted by Gasteiger charge is -2.32. The predicted molar refractivity (Wildman–Crippen MR) is 114 cm³/mol. The van der Waals surface area contributed by atoms with Crippen LogP contribution in [0.5, 0.6) is 0 Å². The molecule has 0 saturated carbocycles. The number of sulfonamides is 1. The highest BCUT2D eigenvalue weighted by atomic mass is 35.5. The Morgan fingerprint density at radius 1 is 1.22 bits per heavy atom. The molecular formula is C19H19Cl2F3N4O3S. The molecule has 4 rings (SSSR count). The summed E-state index contributed by atoms with van der Waals surface area (Å²) in [7, 11) is -2.59. The maximum atomic E-state index is 13.7. The van der Waals surface area contributed by atoms with Gasteiger partial charge in [-0.1, -0.05) is 29.3 Å². The van der Waals surface area contributed by atoms with Gasteiger partial charge in [0.25, 0.3) is 0 Å². The molecule has 2 unspecified atom stereocenters. The first-order valence-electron chi connectivity index (χ1n) is 9.56. The Kier molecular flexibility index (Phi) is 6.00. The van der Waals surface area contributed by atoms with E-state index in [1.54, 1.807) is 0 Å². The number of ether oxygens (including phenoxy) is 1. The van der Waals surface area contributed by atoms with Crippen molar-refractivity contribution in [3.8, 4) is 0 Å². The Bertz CT molecular complexity index is 1200. The van der Waals surface area contributed by atoms with Crippen molar-refractivity contribution in [1.29, 1.82) is 0 Å². The average molecular weight is 511 g/mol. The number of methoxy groups -OCH3 is 1. The Labute approximate surface area is 192 Å². The number of benzene rings is 1. The minimum atomic E-state index is -4.71. The van der Waals surface area contributed by atoms with Crippen LogP contribution >= 0.6 is 23.2 Å². The van der Waals surface area contributed by atoms with Gasteiger partial charge in [0.2, 0.25) is 10.0 Å². The van der Waals surface area contributed by atoms with Crippen molar-refractivity contribution < 1.29 is 26.3 Å². The molecule has 174 valence electrons. The van der Waals surface area contributed by atoms with Gasteiger partial charge in [-0.2, -0.15) is 22.6 Å². The summed E-state index contributed by atoms with van der Waals surface area (Å²) in [6.07, 6.45) is -4.46. The van der Waals surface area contributed by atoms with Gasteiger partial charge in [-0.05, 0) is 31.0 Å². The van der Waals surface area contributed by atoms with Crippen LogP contribution in [0, 0.1) is 0 Å². The zero-order valence-corrected chi connectivity index (χ0v) is 19.3. The first-order valence-corrected chi connectivity index (χ1v) is 11.8. The highest BCUT2D eigenvalue weighted by Gasteiger charge is 2.44. The van der Waals surface area contributed by atoms with Crippen molar-refractivity contribution in [2.75, 3.05) is 25.5 Å². The van der Waals surface area contributed by atoms with E-state index in [2.05, 4.69) is 10.4 Å². The number of halogens is 5. The molecule has 2 aliphatic heterocycles. The van der Waals surface area contributed by atoms with E-state index in [1.165, 1.54) is 36.5 Å². The van der Waals surface area contributed by atoms with Crippen molar-refractivity contribution in [3.63, 3.8) is 0 Å². The van der Waals surface area contributed by atoms with Crippen molar-refractivity contribution in [1.82, 2.24) is 14.1 Å². The summed E-state index contributed by atoms with van der Waals surface area (Å²) in [5, 5.41) is 6.84. The maximum absolute atomic E-state index is 13.7. The molecule has 13 heteroatoms. The summed E-state index contributed by atoms with van der Waals surface area (Å²) in [5.74, 6) is 0.0148. The summed E-state index contributed by atoms with van der Waals surface area (Å²) < 4.78 is 75.0. The third-order valence-electron chi connectivity index (χ3n) is 5.52. The van der Waals surface area contributed by atoms with E-state index < -0.39 is 27.9 Å². The molecule has 3 heterocycles. The SMILES string of the molecule is COC1CCN(S(=O)(=O)C2=C(C)Nc3cc(C(F)(F)F)nn3C2c2ccc(Cl)c(Cl)c2)C1. The fraction of sp³-hybridized carbons (Fsp3) is 0.421. The Morgan fingerprint density at radius 2 is 1.94 bits per heavy atom. The normalized spacial score (nSPS) is 22.2. The van der Waals surface area contributed by atoms with Gasteiger partial charge < -0.3 is 10.1 Å². The van der Waals surface area contributed by atoms with E-state index in [0.29, 0.717) is 12.0 Å². The van der Waals surface area contributed by atoms with Crippen LogP contribution < -0.4 is 5.32 Å². The lowest BCUT2D eigenvalue weighted by Crippen LogP contribution is -2.37. The Morgan fingerprint density at radius 3 is 2.53 bits per heavy atom. The number of fused-ring (bicyclic) bond motifs is 1. The molecule has 7 nitrogen and oxygen atoms in total. The van der Waals surface area contributed by atoms with E-state index in [4.69, 9.17) is 27.9 Å². The van der Waals surface area contributed by atoms with Crippen molar-refractivity contribution >= 4 is 39.0 Å². The smallest absolute Gasteiger partial charge is 0.380 e. The van der Waals surface area contributed by atoms with Crippen LogP contribution in [-0.2, 0) is 20.9 Å². The van der Waals surface area contributed by atoms with Crippen molar-refractivity contribution in [2.45, 2.75) is 31.7 Å². The van der Waals surface area contributed by atoms with Gasteiger partial charge in [-0.25, -0.2) is 13.1 Å². The molecule has 1 saturated heterocycles. The summed E-state index contributed by atoms with van der Waals surface area (Å²) >= 11 is 12.2. The number of nitrogens with zero attached hydrogens (tertiary/aromatic N) is 3. The number of aromatic nitrogens is 2. The highest BCUT2D eigenvalue weighted by Crippen LogP contribution is 2.43. The van der Waals surface area contributed by atoms with Crippen LogP contribution in [0.2, 0.25) is 10.0 Å². The molecule has 32 heavy (non-hydrogen) atoms. The predicted octanol–water partition coefficient (Wildman–Crippen LogP) is 4.51. The topological polar surface area (TPSA) is 76.5 Å². The molecule has 0 spiro atoms. The third kappa shape index (κ3) is 4.01. The number of hydrogen-bond acceptors (Lipinski definition) is 5. The van der Waals surface area contributed by atoms with E-state index in [-0.39, 0.29) is 45.7 Å². The third-order valence-corrected chi connectivity index (χ3v) is 8.36. The molecule has 0 amide bonds. The molecule has 1 aromatic heterocycles. The number of alkyl halides is 3. The second-order valence-corrected chi connectivity index (χ2v) is 10.3. The zero-order valence-electron chi connectivity index (χ0n) is 16.9. The van der Waals surface area contributed by atoms with Gasteiger partial charge in [-0.3, -0.25) is 0 Å². The second-order valence-electron chi connectivity index (χ2n) is 7.56. The Hall–Kier alpha value is -1.79. The molecule has 1 fully saturated rings. The van der Waals surface area contributed by atoms with Gasteiger partial charge in [0.1, 0.15) is 16.8 Å². The quantitative estimate of drug-likeness (QED) is 0.654. The van der Waals surface area contributed by atoms with E-state index in [9.17, 15) is 21.6 Å². The molecule has 2 aromatic rings. The number of rotatable bonds is 4. The van der Waals surface area contributed by atoms with Gasteiger partial charge >= 0.3 is 6.18 Å². The number of hydrogen-bond donors (Lipinski definition) is 1. The standard InChI is InChI=1S/C19H19Cl2F3N4O3S/c1-10-18(32(29,30)27-6-5-12(9-27)31-2)17(11-3-4-13(20)14(21)7-11)28-16(25-10)8-15(26-28)19(22,23)24/h3-4,7-8,12,17,25H,5-6,9H2,1-2H3. The average Bonchev–Trinajstić information content (AvgIpc) is 3.36. The molecule has 2 atom stereocenters. The minimum absolute atomic E-state index is 0.0148. The zero-order chi connectivity index (χ0) is 23.4. The van der Waals surface area contributed by atoms with E-state index in [0.717, 1.165) is 10.7 Å². The lowest BCUT2D eigenvalue weighted by atomic mass is 10.0. The first-order chi connectivity index (χ1) is 14.9. The van der Waals surface area contributed by atoms with Crippen LogP contribution in [0.15, 0.2) is 34.9 Å². The fourth-order valence-electron chi connectivity index (χ4n) is 3.95. The van der Waals surface area contributed by atoms with Gasteiger partial charge in [0, 0.05) is 32.0 Å². The van der Waals surface area contributed by atoms with Crippen LogP contribution in [0.4, 0.5) is 19.0 Å². The Balaban J connectivity index is 1.89. The first kappa shape index (κ1) is 23.4. The molecule has 2 aliphatic rings. The van der Waals surface area contributed by atoms with Crippen molar-refractivity contribution in [3.05, 3.63) is 56.2 Å². The molecule has 0 aliphatic carbocycles. The summed E-state index contributed by atoms with van der Waals surface area (Å²) in [6.45, 7) is 1.87. The van der Waals surface area contributed by atoms with E-state index >= 15 is 0 Å². The van der Waals surface area contributed by atoms with Gasteiger partial charge in [0.15, 0.2) is 5.69 Å². The minimum Gasteiger partial charge on any atom is -0.380 e. The molecule has 0 bridgehead atoms. The largest absolute Gasteiger partial charge is 0.435 e. The van der Waals surface area contributed by atoms with Crippen LogP contribution in [0.3, 0.4) is 0 Å². The van der Waals surface area contributed by atoms with Crippen LogP contribution in [-0.4, -0.2) is 48.8 Å². The molecular weight excluding hydrogens is 492 g/mol. The summed E-state index contributed by atoms with van der Waals surface area (Å²) in [6, 6.07) is 4.08. The lowest BCUT2D eigenvalue weighted by molar-refractivity contribution is -0.141. The number of allylic oxidation sites excluding steroid dienone is 2. The molecule has 1 aromatic carbocycles. The van der Waals surface area contributed by atoms with Gasteiger partial charge in [0.05, 0.1) is 16.1 Å². The maximum Gasteiger partial charge on any atom is 0.435 e. The number of nitrogens with one attached hydrogen (secondary N) is 1. The highest BCUT2D eigenvalue weighted by molar-refractivity contribution is 7.93. The van der Waals surface area contributed by atoms with Crippen LogP contribution in [0.25, 0.3) is 0 Å². The van der Waals surface area contributed by atoms with Gasteiger partial charge in [-0.15, -0.1) is 0 Å².